The van der Waals surface area contributed by atoms with Crippen LogP contribution in [0.4, 0.5) is 0 Å². The van der Waals surface area contributed by atoms with Gasteiger partial charge in [-0.1, -0.05) is 18.2 Å². The molecule has 0 aliphatic carbocycles. The zero-order valence-electron chi connectivity index (χ0n) is 12.8. The van der Waals surface area contributed by atoms with Crippen molar-refractivity contribution < 1.29 is 24.2 Å². The first-order valence-electron chi connectivity index (χ1n) is 7.24. The van der Waals surface area contributed by atoms with Gasteiger partial charge in [0.25, 0.3) is 0 Å². The van der Waals surface area contributed by atoms with Crippen LogP contribution < -0.4 is 4.74 Å². The molecule has 0 bridgehead atoms. The van der Waals surface area contributed by atoms with E-state index in [1.807, 2.05) is 18.2 Å². The molecule has 1 aliphatic rings. The number of carboxylic acid groups (broad SMARTS) is 1. The van der Waals surface area contributed by atoms with Gasteiger partial charge in [-0.2, -0.15) is 0 Å². The predicted molar refractivity (Wildman–Crippen MR) is 79.7 cm³/mol. The maximum Gasteiger partial charge on any atom is 0.308 e. The number of nitrogens with zero attached hydrogens (tertiary/aromatic N) is 1. The van der Waals surface area contributed by atoms with Crippen LogP contribution in [0.3, 0.4) is 0 Å². The zero-order chi connectivity index (χ0) is 16.1. The van der Waals surface area contributed by atoms with Crippen molar-refractivity contribution in [2.24, 2.45) is 5.92 Å². The molecule has 22 heavy (non-hydrogen) atoms. The lowest BCUT2D eigenvalue weighted by atomic mass is 9.84. The lowest BCUT2D eigenvalue weighted by Gasteiger charge is -2.40. The predicted octanol–water partition coefficient (Wildman–Crippen LogP) is 1.71. The second-order valence-electron chi connectivity index (χ2n) is 5.25. The number of para-hydroxylation sites is 1. The first kappa shape index (κ1) is 16.3. The molecule has 1 heterocycles. The number of carbonyl (C=O) groups excluding carboxylic acids is 1. The summed E-state index contributed by atoms with van der Waals surface area (Å²) in [6.07, 6.45) is 0.576. The third kappa shape index (κ3) is 3.22. The topological polar surface area (TPSA) is 76.1 Å². The number of hydrogen-bond donors (Lipinski definition) is 1. The van der Waals surface area contributed by atoms with Crippen molar-refractivity contribution in [1.82, 2.24) is 4.90 Å². The van der Waals surface area contributed by atoms with E-state index in [9.17, 15) is 14.7 Å². The summed E-state index contributed by atoms with van der Waals surface area (Å²) in [4.78, 5) is 25.5. The molecule has 2 atom stereocenters. The van der Waals surface area contributed by atoms with Crippen LogP contribution in [0, 0.1) is 5.92 Å². The Balaban J connectivity index is 2.44. The number of ether oxygens (including phenoxy) is 2. The number of carboxylic acids is 1. The van der Waals surface area contributed by atoms with Crippen LogP contribution >= 0.6 is 0 Å². The summed E-state index contributed by atoms with van der Waals surface area (Å²) >= 11 is 0. The van der Waals surface area contributed by atoms with Gasteiger partial charge < -0.3 is 19.5 Å². The van der Waals surface area contributed by atoms with E-state index in [0.717, 1.165) is 5.56 Å². The molecule has 1 fully saturated rings. The number of piperidine rings is 1. The van der Waals surface area contributed by atoms with Crippen molar-refractivity contribution in [3.63, 3.8) is 0 Å². The molecule has 1 aromatic carbocycles. The number of hydrogen-bond acceptors (Lipinski definition) is 4. The van der Waals surface area contributed by atoms with Crippen LogP contribution in [0.15, 0.2) is 24.3 Å². The highest BCUT2D eigenvalue weighted by atomic mass is 16.5. The fraction of sp³-hybridized carbons (Fsp3) is 0.500. The monoisotopic (exact) mass is 307 g/mol. The molecule has 0 spiro atoms. The molecular formula is C16H21NO5. The van der Waals surface area contributed by atoms with Gasteiger partial charge in [0.15, 0.2) is 0 Å². The Bertz CT molecular complexity index is 545. The first-order valence-corrected chi connectivity index (χ1v) is 7.24. The highest BCUT2D eigenvalue weighted by molar-refractivity contribution is 5.82. The summed E-state index contributed by atoms with van der Waals surface area (Å²) in [7, 11) is 3.10. The molecule has 120 valence electrons. The number of rotatable bonds is 6. The summed E-state index contributed by atoms with van der Waals surface area (Å²) in [5.41, 5.74) is 0.724. The van der Waals surface area contributed by atoms with Gasteiger partial charge in [0.05, 0.1) is 25.7 Å². The number of aliphatic carboxylic acids is 1. The van der Waals surface area contributed by atoms with Gasteiger partial charge >= 0.3 is 5.97 Å². The minimum absolute atomic E-state index is 0.0505. The number of benzene rings is 1. The Labute approximate surface area is 129 Å². The summed E-state index contributed by atoms with van der Waals surface area (Å²) in [5, 5.41) is 9.55. The molecule has 2 rings (SSSR count). The van der Waals surface area contributed by atoms with Gasteiger partial charge in [-0.05, 0) is 12.5 Å². The minimum atomic E-state index is -0.897. The normalized spacial score (nSPS) is 21.7. The highest BCUT2D eigenvalue weighted by Crippen LogP contribution is 2.40. The fourth-order valence-corrected chi connectivity index (χ4v) is 2.96. The SMILES string of the molecule is COCCN1C(=O)CC[C@H](C(=O)O)[C@@H]1c1ccccc1OC. The Morgan fingerprint density at radius 2 is 2.09 bits per heavy atom. The van der Waals surface area contributed by atoms with Crippen molar-refractivity contribution in [1.29, 1.82) is 0 Å². The van der Waals surface area contributed by atoms with Gasteiger partial charge in [0.1, 0.15) is 5.75 Å². The second kappa shape index (κ2) is 7.26. The van der Waals surface area contributed by atoms with Gasteiger partial charge in [-0.25, -0.2) is 0 Å². The maximum absolute atomic E-state index is 12.3. The third-order valence-electron chi connectivity index (χ3n) is 4.02. The van der Waals surface area contributed by atoms with Gasteiger partial charge in [-0.3, -0.25) is 9.59 Å². The molecule has 6 heteroatoms. The zero-order valence-corrected chi connectivity index (χ0v) is 12.8. The molecule has 1 aliphatic heterocycles. The second-order valence-corrected chi connectivity index (χ2v) is 5.25. The number of carbonyl (C=O) groups is 2. The van der Waals surface area contributed by atoms with E-state index in [2.05, 4.69) is 0 Å². The minimum Gasteiger partial charge on any atom is -0.496 e. The van der Waals surface area contributed by atoms with E-state index < -0.39 is 17.9 Å². The molecule has 0 saturated carbocycles. The van der Waals surface area contributed by atoms with Crippen LogP contribution in [-0.4, -0.2) is 49.3 Å². The smallest absolute Gasteiger partial charge is 0.308 e. The highest BCUT2D eigenvalue weighted by Gasteiger charge is 2.41. The molecule has 6 nitrogen and oxygen atoms in total. The summed E-state index contributed by atoms with van der Waals surface area (Å²) < 4.78 is 10.4. The standard InChI is InChI=1S/C16H21NO5/c1-21-10-9-17-14(18)8-7-12(16(19)20)15(17)11-5-3-4-6-13(11)22-2/h3-6,12,15H,7-10H2,1-2H3,(H,19,20)/t12-,15-/m0/s1. The average molecular weight is 307 g/mol. The fourth-order valence-electron chi connectivity index (χ4n) is 2.96. The summed E-state index contributed by atoms with van der Waals surface area (Å²) in [6.45, 7) is 0.728. The van der Waals surface area contributed by atoms with Crippen LogP contribution in [0.25, 0.3) is 0 Å². The summed E-state index contributed by atoms with van der Waals surface area (Å²) in [6, 6.07) is 6.71. The van der Waals surface area contributed by atoms with Crippen LogP contribution in [0.5, 0.6) is 5.75 Å². The number of methoxy groups -OCH3 is 2. The molecule has 1 amide bonds. The van der Waals surface area contributed by atoms with E-state index in [1.165, 1.54) is 0 Å². The van der Waals surface area contributed by atoms with Crippen LogP contribution in [0.1, 0.15) is 24.4 Å². The molecule has 0 unspecified atom stereocenters. The Morgan fingerprint density at radius 3 is 2.73 bits per heavy atom. The van der Waals surface area contributed by atoms with Crippen molar-refractivity contribution in [3.05, 3.63) is 29.8 Å². The Hall–Kier alpha value is -2.08. The van der Waals surface area contributed by atoms with E-state index in [0.29, 0.717) is 25.3 Å². The molecule has 0 aromatic heterocycles. The molecular weight excluding hydrogens is 286 g/mol. The molecule has 1 N–H and O–H groups in total. The molecule has 1 aromatic rings. The van der Waals surface area contributed by atoms with E-state index >= 15 is 0 Å². The first-order chi connectivity index (χ1) is 10.6. The van der Waals surface area contributed by atoms with Gasteiger partial charge in [-0.15, -0.1) is 0 Å². The Kier molecular flexibility index (Phi) is 5.38. The van der Waals surface area contributed by atoms with E-state index in [4.69, 9.17) is 9.47 Å². The average Bonchev–Trinajstić information content (AvgIpc) is 2.53. The van der Waals surface area contributed by atoms with Crippen LogP contribution in [0.2, 0.25) is 0 Å². The number of likely N-dealkylation sites (tertiary alicyclic amines) is 1. The van der Waals surface area contributed by atoms with Gasteiger partial charge in [0.2, 0.25) is 5.91 Å². The molecule has 0 radical (unpaired) electrons. The molecule has 1 saturated heterocycles. The quantitative estimate of drug-likeness (QED) is 0.866. The Morgan fingerprint density at radius 1 is 1.36 bits per heavy atom. The van der Waals surface area contributed by atoms with Gasteiger partial charge in [0, 0.05) is 25.6 Å². The lowest BCUT2D eigenvalue weighted by molar-refractivity contribution is -0.152. The maximum atomic E-state index is 12.3. The largest absolute Gasteiger partial charge is 0.496 e. The van der Waals surface area contributed by atoms with E-state index in [1.54, 1.807) is 25.2 Å². The summed E-state index contributed by atoms with van der Waals surface area (Å²) in [5.74, 6) is -1.00. The van der Waals surface area contributed by atoms with Crippen molar-refractivity contribution in [2.75, 3.05) is 27.4 Å². The van der Waals surface area contributed by atoms with Crippen molar-refractivity contribution in [2.45, 2.75) is 18.9 Å². The third-order valence-corrected chi connectivity index (χ3v) is 4.02. The lowest BCUT2D eigenvalue weighted by Crippen LogP contribution is -2.46. The van der Waals surface area contributed by atoms with Crippen LogP contribution in [-0.2, 0) is 14.3 Å². The van der Waals surface area contributed by atoms with Crippen molar-refractivity contribution in [3.8, 4) is 5.75 Å². The number of amides is 1. The van der Waals surface area contributed by atoms with Crippen molar-refractivity contribution >= 4 is 11.9 Å². The van der Waals surface area contributed by atoms with E-state index in [-0.39, 0.29) is 12.3 Å².